The summed E-state index contributed by atoms with van der Waals surface area (Å²) in [5.74, 6) is -0.659. The first-order valence-corrected chi connectivity index (χ1v) is 7.91. The predicted molar refractivity (Wildman–Crippen MR) is 87.8 cm³/mol. The molecular weight excluding hydrogens is 310 g/mol. The van der Waals surface area contributed by atoms with Gasteiger partial charge in [0, 0.05) is 23.4 Å². The van der Waals surface area contributed by atoms with Gasteiger partial charge < -0.3 is 24.7 Å². The van der Waals surface area contributed by atoms with Crippen LogP contribution in [0.25, 0.3) is 0 Å². The van der Waals surface area contributed by atoms with Crippen LogP contribution in [-0.2, 0) is 9.59 Å². The number of carbonyl (C=O) groups excluding carboxylic acids is 2. The molecule has 2 atom stereocenters. The van der Waals surface area contributed by atoms with Crippen LogP contribution in [0.3, 0.4) is 0 Å². The maximum absolute atomic E-state index is 12.8. The van der Waals surface area contributed by atoms with Gasteiger partial charge in [-0.2, -0.15) is 0 Å². The lowest BCUT2D eigenvalue weighted by molar-refractivity contribution is -0.323. The number of hydrogen-bond acceptors (Lipinski definition) is 5. The summed E-state index contributed by atoms with van der Waals surface area (Å²) >= 11 is 0. The molecule has 0 aliphatic heterocycles. The Morgan fingerprint density at radius 2 is 1.88 bits per heavy atom. The van der Waals surface area contributed by atoms with Gasteiger partial charge in [0.05, 0.1) is 19.9 Å². The molecule has 1 saturated carbocycles. The molecule has 0 radical (unpaired) electrons. The van der Waals surface area contributed by atoms with E-state index in [1.54, 1.807) is 32.2 Å². The van der Waals surface area contributed by atoms with Crippen molar-refractivity contribution in [1.82, 2.24) is 0 Å². The number of anilines is 1. The van der Waals surface area contributed by atoms with Crippen molar-refractivity contribution in [2.45, 2.75) is 33.6 Å². The number of methoxy groups -OCH3 is 2. The lowest BCUT2D eigenvalue weighted by Crippen LogP contribution is -2.49. The zero-order valence-electron chi connectivity index (χ0n) is 14.8. The van der Waals surface area contributed by atoms with Gasteiger partial charge in [-0.15, -0.1) is 0 Å². The van der Waals surface area contributed by atoms with Crippen molar-refractivity contribution in [3.05, 3.63) is 18.2 Å². The third kappa shape index (κ3) is 2.81. The summed E-state index contributed by atoms with van der Waals surface area (Å²) in [7, 11) is 3.06. The van der Waals surface area contributed by atoms with E-state index in [4.69, 9.17) is 9.47 Å². The molecule has 0 aromatic heterocycles. The Morgan fingerprint density at radius 1 is 1.21 bits per heavy atom. The number of amides is 1. The molecule has 1 N–H and O–H groups in total. The van der Waals surface area contributed by atoms with E-state index in [1.165, 1.54) is 7.11 Å². The zero-order valence-corrected chi connectivity index (χ0v) is 14.8. The van der Waals surface area contributed by atoms with E-state index in [-0.39, 0.29) is 5.91 Å². The summed E-state index contributed by atoms with van der Waals surface area (Å²) < 4.78 is 10.4. The fraction of sp³-hybridized carbons (Fsp3) is 0.556. The molecular formula is C18H24NO5-. The lowest BCUT2D eigenvalue weighted by atomic mass is 9.65. The largest absolute Gasteiger partial charge is 0.550 e. The highest BCUT2D eigenvalue weighted by atomic mass is 16.5. The van der Waals surface area contributed by atoms with Gasteiger partial charge >= 0.3 is 0 Å². The summed E-state index contributed by atoms with van der Waals surface area (Å²) in [4.78, 5) is 24.4. The maximum atomic E-state index is 12.8. The molecule has 24 heavy (non-hydrogen) atoms. The topological polar surface area (TPSA) is 87.7 Å². The monoisotopic (exact) mass is 334 g/mol. The second kappa shape index (κ2) is 6.34. The molecule has 0 spiro atoms. The minimum atomic E-state index is -1.11. The molecule has 0 bridgehead atoms. The first-order chi connectivity index (χ1) is 11.2. The molecule has 1 aromatic rings. The van der Waals surface area contributed by atoms with Gasteiger partial charge in [-0.3, -0.25) is 4.79 Å². The van der Waals surface area contributed by atoms with Gasteiger partial charge in [-0.05, 0) is 30.4 Å². The maximum Gasteiger partial charge on any atom is 0.228 e. The average Bonchev–Trinajstić information content (AvgIpc) is 2.78. The zero-order chi connectivity index (χ0) is 18.1. The van der Waals surface area contributed by atoms with Crippen LogP contribution in [0.15, 0.2) is 18.2 Å². The van der Waals surface area contributed by atoms with Crippen LogP contribution in [0, 0.1) is 16.7 Å². The van der Waals surface area contributed by atoms with E-state index in [9.17, 15) is 14.7 Å². The molecule has 0 saturated heterocycles. The number of rotatable bonds is 5. The molecule has 1 amide bonds. The van der Waals surface area contributed by atoms with E-state index in [2.05, 4.69) is 5.32 Å². The predicted octanol–water partition coefficient (Wildman–Crippen LogP) is 1.83. The number of hydrogen-bond donors (Lipinski definition) is 1. The first-order valence-electron chi connectivity index (χ1n) is 7.91. The number of carboxylic acids is 1. The number of carbonyl (C=O) groups is 2. The molecule has 1 aliphatic rings. The Kier molecular flexibility index (Phi) is 4.78. The van der Waals surface area contributed by atoms with Crippen LogP contribution in [0.1, 0.15) is 33.6 Å². The SMILES string of the molecule is COc1ccc(OC)c(NC(=O)[C@H]2CC[C@](C)(C(=O)[O-])C2(C)C)c1. The molecule has 0 heterocycles. The lowest BCUT2D eigenvalue weighted by Gasteiger charge is -2.41. The van der Waals surface area contributed by atoms with E-state index < -0.39 is 22.7 Å². The summed E-state index contributed by atoms with van der Waals surface area (Å²) in [6.45, 7) is 5.27. The van der Waals surface area contributed by atoms with Crippen LogP contribution in [0.4, 0.5) is 5.69 Å². The minimum Gasteiger partial charge on any atom is -0.550 e. The van der Waals surface area contributed by atoms with Crippen molar-refractivity contribution in [2.75, 3.05) is 19.5 Å². The van der Waals surface area contributed by atoms with Gasteiger partial charge in [0.2, 0.25) is 5.91 Å². The van der Waals surface area contributed by atoms with Crippen molar-refractivity contribution < 1.29 is 24.2 Å². The minimum absolute atomic E-state index is 0.225. The number of nitrogens with one attached hydrogen (secondary N) is 1. The Hall–Kier alpha value is -2.24. The van der Waals surface area contributed by atoms with Crippen LogP contribution < -0.4 is 19.9 Å². The quantitative estimate of drug-likeness (QED) is 0.887. The summed E-state index contributed by atoms with van der Waals surface area (Å²) in [6, 6.07) is 5.12. The Labute approximate surface area is 142 Å². The Balaban J connectivity index is 2.27. The van der Waals surface area contributed by atoms with Gasteiger partial charge in [0.15, 0.2) is 0 Å². The number of ether oxygens (including phenoxy) is 2. The third-order valence-electron chi connectivity index (χ3n) is 5.66. The molecule has 1 aromatic carbocycles. The van der Waals surface area contributed by atoms with Crippen molar-refractivity contribution in [3.63, 3.8) is 0 Å². The Morgan fingerprint density at radius 3 is 2.38 bits per heavy atom. The van der Waals surface area contributed by atoms with Gasteiger partial charge in [0.25, 0.3) is 0 Å². The third-order valence-corrected chi connectivity index (χ3v) is 5.66. The van der Waals surface area contributed by atoms with Gasteiger partial charge in [0.1, 0.15) is 11.5 Å². The van der Waals surface area contributed by atoms with Crippen LogP contribution in [0.5, 0.6) is 11.5 Å². The summed E-state index contributed by atoms with van der Waals surface area (Å²) in [5.41, 5.74) is -1.25. The van der Waals surface area contributed by atoms with Crippen LogP contribution in [-0.4, -0.2) is 26.1 Å². The highest BCUT2D eigenvalue weighted by Gasteiger charge is 2.54. The number of carboxylic acid groups (broad SMARTS) is 1. The molecule has 132 valence electrons. The van der Waals surface area contributed by atoms with Crippen molar-refractivity contribution >= 4 is 17.6 Å². The van der Waals surface area contributed by atoms with E-state index >= 15 is 0 Å². The fourth-order valence-electron chi connectivity index (χ4n) is 3.46. The van der Waals surface area contributed by atoms with Crippen molar-refractivity contribution in [3.8, 4) is 11.5 Å². The molecule has 1 aliphatic carbocycles. The number of aliphatic carboxylic acids is 1. The first kappa shape index (κ1) is 18.1. The normalized spacial score (nSPS) is 25.1. The molecule has 6 nitrogen and oxygen atoms in total. The smallest absolute Gasteiger partial charge is 0.228 e. The highest BCUT2D eigenvalue weighted by Crippen LogP contribution is 2.56. The van der Waals surface area contributed by atoms with Gasteiger partial charge in [-0.1, -0.05) is 20.8 Å². The van der Waals surface area contributed by atoms with Crippen LogP contribution >= 0.6 is 0 Å². The second-order valence-electron chi connectivity index (χ2n) is 6.99. The number of benzene rings is 1. The van der Waals surface area contributed by atoms with Crippen molar-refractivity contribution in [1.29, 1.82) is 0 Å². The van der Waals surface area contributed by atoms with E-state index in [0.717, 1.165) is 0 Å². The van der Waals surface area contributed by atoms with Gasteiger partial charge in [-0.25, -0.2) is 0 Å². The standard InChI is InChI=1S/C18H25NO5/c1-17(2)12(8-9-18(17,3)16(21)22)15(20)19-13-10-11(23-4)6-7-14(13)24-5/h6-7,10,12H,8-9H2,1-5H3,(H,19,20)(H,21,22)/p-1/t12-,18-/m1/s1. The van der Waals surface area contributed by atoms with Crippen LogP contribution in [0.2, 0.25) is 0 Å². The fourth-order valence-corrected chi connectivity index (χ4v) is 3.46. The van der Waals surface area contributed by atoms with E-state index in [1.807, 2.05) is 13.8 Å². The molecule has 0 unspecified atom stereocenters. The van der Waals surface area contributed by atoms with E-state index in [0.29, 0.717) is 30.0 Å². The molecule has 2 rings (SSSR count). The van der Waals surface area contributed by atoms with Crippen molar-refractivity contribution in [2.24, 2.45) is 16.7 Å². The Bertz CT molecular complexity index is 655. The molecule has 1 fully saturated rings. The highest BCUT2D eigenvalue weighted by molar-refractivity contribution is 5.95. The summed E-state index contributed by atoms with van der Waals surface area (Å²) in [5, 5.41) is 14.4. The summed E-state index contributed by atoms with van der Waals surface area (Å²) in [6.07, 6.45) is 0.908. The molecule has 6 heteroatoms. The average molecular weight is 334 g/mol. The second-order valence-corrected chi connectivity index (χ2v) is 6.99.